The highest BCUT2D eigenvalue weighted by molar-refractivity contribution is 5.18. The zero-order valence-electron chi connectivity index (χ0n) is 17.0. The molecule has 0 saturated heterocycles. The SMILES string of the molecule is C(=C\CC/C=C/Cc1ccccc1)/CC/C=C/CC/C=C/Cc1ccccc1. The van der Waals surface area contributed by atoms with E-state index in [0.717, 1.165) is 51.4 Å². The molecule has 146 valence electrons. The van der Waals surface area contributed by atoms with E-state index < -0.39 is 0 Å². The smallest absolute Gasteiger partial charge is 0.00975 e. The molecule has 0 fully saturated rings. The standard InChI is InChI=1S/C28H34/c1(3-5-7-9-11-15-21-27-23-17-13-18-24-27)2-4-6-8-10-12-16-22-28-25-19-14-20-26-28/h3-6,11-20,23-26H,1-2,7-10,21-22H2/b5-3+,6-4+,15-11+,16-12+. The fraction of sp³-hybridized carbons (Fsp3) is 0.286. The van der Waals surface area contributed by atoms with E-state index in [2.05, 4.69) is 109 Å². The molecular weight excluding hydrogens is 336 g/mol. The van der Waals surface area contributed by atoms with Gasteiger partial charge in [-0.1, -0.05) is 109 Å². The molecule has 0 nitrogen and oxygen atoms in total. The van der Waals surface area contributed by atoms with Crippen LogP contribution < -0.4 is 0 Å². The van der Waals surface area contributed by atoms with Crippen molar-refractivity contribution in [2.24, 2.45) is 0 Å². The van der Waals surface area contributed by atoms with Crippen molar-refractivity contribution >= 4 is 0 Å². The van der Waals surface area contributed by atoms with Crippen LogP contribution >= 0.6 is 0 Å². The molecule has 0 aliphatic heterocycles. The Labute approximate surface area is 172 Å². The molecule has 0 bridgehead atoms. The Bertz CT molecular complexity index is 652. The first kappa shape index (κ1) is 21.7. The fourth-order valence-corrected chi connectivity index (χ4v) is 2.95. The summed E-state index contributed by atoms with van der Waals surface area (Å²) in [4.78, 5) is 0. The third-order valence-corrected chi connectivity index (χ3v) is 4.56. The van der Waals surface area contributed by atoms with Crippen molar-refractivity contribution in [1.29, 1.82) is 0 Å². The number of rotatable bonds is 13. The molecule has 2 rings (SSSR count). The van der Waals surface area contributed by atoms with Gasteiger partial charge in [0.05, 0.1) is 0 Å². The van der Waals surface area contributed by atoms with Crippen molar-refractivity contribution in [3.05, 3.63) is 120 Å². The van der Waals surface area contributed by atoms with E-state index >= 15 is 0 Å². The van der Waals surface area contributed by atoms with Crippen LogP contribution in [-0.4, -0.2) is 0 Å². The molecule has 0 radical (unpaired) electrons. The summed E-state index contributed by atoms with van der Waals surface area (Å²) < 4.78 is 0. The normalized spacial score (nSPS) is 12.1. The van der Waals surface area contributed by atoms with Crippen LogP contribution in [-0.2, 0) is 12.8 Å². The van der Waals surface area contributed by atoms with Crippen molar-refractivity contribution in [2.75, 3.05) is 0 Å². The van der Waals surface area contributed by atoms with Crippen LogP contribution in [0.25, 0.3) is 0 Å². The molecule has 0 aliphatic carbocycles. The molecule has 2 aromatic rings. The predicted molar refractivity (Wildman–Crippen MR) is 125 cm³/mol. The van der Waals surface area contributed by atoms with Crippen molar-refractivity contribution in [3.8, 4) is 0 Å². The topological polar surface area (TPSA) is 0 Å². The Hall–Kier alpha value is -2.60. The van der Waals surface area contributed by atoms with Gasteiger partial charge in [0.15, 0.2) is 0 Å². The number of benzene rings is 2. The lowest BCUT2D eigenvalue weighted by Gasteiger charge is -1.94. The van der Waals surface area contributed by atoms with Gasteiger partial charge in [-0.05, 0) is 62.5 Å². The lowest BCUT2D eigenvalue weighted by molar-refractivity contribution is 0.983. The molecule has 0 N–H and O–H groups in total. The van der Waals surface area contributed by atoms with Crippen LogP contribution in [0.5, 0.6) is 0 Å². The quantitative estimate of drug-likeness (QED) is 0.247. The molecule has 2 aromatic carbocycles. The maximum Gasteiger partial charge on any atom is -0.00975 e. The minimum atomic E-state index is 1.04. The molecule has 0 amide bonds. The van der Waals surface area contributed by atoms with Crippen molar-refractivity contribution in [1.82, 2.24) is 0 Å². The number of allylic oxidation sites excluding steroid dienone is 8. The number of hydrogen-bond donors (Lipinski definition) is 0. The van der Waals surface area contributed by atoms with Gasteiger partial charge in [-0.15, -0.1) is 0 Å². The van der Waals surface area contributed by atoms with Crippen molar-refractivity contribution in [2.45, 2.75) is 51.4 Å². The van der Waals surface area contributed by atoms with E-state index in [1.165, 1.54) is 11.1 Å². The van der Waals surface area contributed by atoms with E-state index in [-0.39, 0.29) is 0 Å². The van der Waals surface area contributed by atoms with Gasteiger partial charge >= 0.3 is 0 Å². The third-order valence-electron chi connectivity index (χ3n) is 4.56. The first-order valence-corrected chi connectivity index (χ1v) is 10.6. The first-order valence-electron chi connectivity index (χ1n) is 10.6. The number of hydrogen-bond acceptors (Lipinski definition) is 0. The lowest BCUT2D eigenvalue weighted by Crippen LogP contribution is -1.78. The van der Waals surface area contributed by atoms with E-state index in [0.29, 0.717) is 0 Å². The van der Waals surface area contributed by atoms with E-state index in [4.69, 9.17) is 0 Å². The van der Waals surface area contributed by atoms with Crippen LogP contribution in [0.2, 0.25) is 0 Å². The van der Waals surface area contributed by atoms with Gasteiger partial charge < -0.3 is 0 Å². The summed E-state index contributed by atoms with van der Waals surface area (Å²) in [5.74, 6) is 0. The summed E-state index contributed by atoms with van der Waals surface area (Å²) >= 11 is 0. The molecular formula is C28H34. The fourth-order valence-electron chi connectivity index (χ4n) is 2.95. The van der Waals surface area contributed by atoms with Crippen LogP contribution in [0.4, 0.5) is 0 Å². The monoisotopic (exact) mass is 370 g/mol. The van der Waals surface area contributed by atoms with Crippen LogP contribution in [0, 0.1) is 0 Å². The zero-order chi connectivity index (χ0) is 19.5. The van der Waals surface area contributed by atoms with E-state index in [1.54, 1.807) is 0 Å². The summed E-state index contributed by atoms with van der Waals surface area (Å²) in [5, 5.41) is 0. The van der Waals surface area contributed by atoms with Gasteiger partial charge in [-0.3, -0.25) is 0 Å². The molecule has 0 aromatic heterocycles. The van der Waals surface area contributed by atoms with E-state index in [9.17, 15) is 0 Å². The summed E-state index contributed by atoms with van der Waals surface area (Å²) in [6.45, 7) is 0. The summed E-state index contributed by atoms with van der Waals surface area (Å²) in [6, 6.07) is 21.3. The molecule has 0 atom stereocenters. The zero-order valence-corrected chi connectivity index (χ0v) is 17.0. The second-order valence-corrected chi connectivity index (χ2v) is 7.00. The highest BCUT2D eigenvalue weighted by Crippen LogP contribution is 2.04. The summed E-state index contributed by atoms with van der Waals surface area (Å²) in [5.41, 5.74) is 2.76. The average Bonchev–Trinajstić information content (AvgIpc) is 2.75. The van der Waals surface area contributed by atoms with Crippen molar-refractivity contribution in [3.63, 3.8) is 0 Å². The second-order valence-electron chi connectivity index (χ2n) is 7.00. The van der Waals surface area contributed by atoms with Crippen LogP contribution in [0.3, 0.4) is 0 Å². The minimum Gasteiger partial charge on any atom is -0.0882 e. The van der Waals surface area contributed by atoms with Crippen LogP contribution in [0.15, 0.2) is 109 Å². The Kier molecular flexibility index (Phi) is 12.0. The van der Waals surface area contributed by atoms with Crippen LogP contribution in [0.1, 0.15) is 49.7 Å². The van der Waals surface area contributed by atoms with E-state index in [1.807, 2.05) is 0 Å². The second kappa shape index (κ2) is 15.5. The van der Waals surface area contributed by atoms with Gasteiger partial charge in [0.25, 0.3) is 0 Å². The summed E-state index contributed by atoms with van der Waals surface area (Å²) in [6.07, 6.45) is 27.3. The molecule has 0 saturated carbocycles. The Morgan fingerprint density at radius 3 is 0.964 bits per heavy atom. The molecule has 0 aliphatic rings. The van der Waals surface area contributed by atoms with Gasteiger partial charge in [-0.25, -0.2) is 0 Å². The Balaban J connectivity index is 1.41. The third kappa shape index (κ3) is 11.2. The predicted octanol–water partition coefficient (Wildman–Crippen LogP) is 8.04. The number of unbranched alkanes of at least 4 members (excludes halogenated alkanes) is 3. The average molecular weight is 371 g/mol. The molecule has 0 spiro atoms. The first-order chi connectivity index (χ1) is 13.9. The highest BCUT2D eigenvalue weighted by atomic mass is 13.9. The molecule has 0 unspecified atom stereocenters. The summed E-state index contributed by atoms with van der Waals surface area (Å²) in [7, 11) is 0. The highest BCUT2D eigenvalue weighted by Gasteiger charge is 1.86. The molecule has 0 heterocycles. The van der Waals surface area contributed by atoms with Gasteiger partial charge in [0, 0.05) is 0 Å². The Morgan fingerprint density at radius 1 is 0.357 bits per heavy atom. The van der Waals surface area contributed by atoms with Crippen molar-refractivity contribution < 1.29 is 0 Å². The lowest BCUT2D eigenvalue weighted by atomic mass is 10.1. The van der Waals surface area contributed by atoms with Gasteiger partial charge in [0.2, 0.25) is 0 Å². The van der Waals surface area contributed by atoms with Gasteiger partial charge in [-0.2, -0.15) is 0 Å². The Morgan fingerprint density at radius 2 is 0.643 bits per heavy atom. The molecule has 0 heteroatoms. The molecule has 28 heavy (non-hydrogen) atoms. The maximum atomic E-state index is 2.31. The maximum absolute atomic E-state index is 2.31. The van der Waals surface area contributed by atoms with Gasteiger partial charge in [0.1, 0.15) is 0 Å². The minimum absolute atomic E-state index is 1.04. The largest absolute Gasteiger partial charge is 0.0882 e.